The summed E-state index contributed by atoms with van der Waals surface area (Å²) in [6.07, 6.45) is 6.60. The van der Waals surface area contributed by atoms with E-state index in [1.807, 2.05) is 42.5 Å². The molecule has 4 heteroatoms. The molecule has 0 bridgehead atoms. The minimum atomic E-state index is -3.50. The second kappa shape index (κ2) is 10.6. The van der Waals surface area contributed by atoms with Gasteiger partial charge in [0.05, 0.1) is 11.4 Å². The molecule has 3 nitrogen and oxygen atoms in total. The molecule has 164 valence electrons. The van der Waals surface area contributed by atoms with Crippen molar-refractivity contribution in [3.05, 3.63) is 60.2 Å². The second-order valence-electron chi connectivity index (χ2n) is 9.14. The summed E-state index contributed by atoms with van der Waals surface area (Å²) in [5.41, 5.74) is 1.28. The molecular formula is C26H37O3P. The first-order chi connectivity index (χ1) is 14.4. The Morgan fingerprint density at radius 1 is 1.03 bits per heavy atom. The Hall–Kier alpha value is -1.57. The lowest BCUT2D eigenvalue weighted by Gasteiger charge is -2.38. The molecule has 1 unspecified atom stereocenters. The summed E-state index contributed by atoms with van der Waals surface area (Å²) in [5.74, 6) is 2.07. The van der Waals surface area contributed by atoms with E-state index in [0.717, 1.165) is 19.3 Å². The summed E-state index contributed by atoms with van der Waals surface area (Å²) in [6, 6.07) is 17.4. The average molecular weight is 429 g/mol. The van der Waals surface area contributed by atoms with Crippen LogP contribution < -0.4 is 9.83 Å². The third-order valence-electron chi connectivity index (χ3n) is 6.28. The zero-order chi connectivity index (χ0) is 21.6. The smallest absolute Gasteiger partial charge is 0.411 e. The Morgan fingerprint density at radius 3 is 2.37 bits per heavy atom. The molecule has 1 saturated carbocycles. The van der Waals surface area contributed by atoms with Crippen LogP contribution in [0.4, 0.5) is 0 Å². The molecule has 2 aromatic carbocycles. The van der Waals surface area contributed by atoms with E-state index < -0.39 is 7.60 Å². The highest BCUT2D eigenvalue weighted by molar-refractivity contribution is 7.62. The first-order valence-corrected chi connectivity index (χ1v) is 13.1. The molecule has 4 atom stereocenters. The van der Waals surface area contributed by atoms with Gasteiger partial charge in [-0.1, -0.05) is 70.9 Å². The molecule has 2 aromatic rings. The van der Waals surface area contributed by atoms with E-state index in [9.17, 15) is 4.57 Å². The van der Waals surface area contributed by atoms with Crippen LogP contribution in [0.3, 0.4) is 0 Å². The average Bonchev–Trinajstić information content (AvgIpc) is 2.73. The Morgan fingerprint density at radius 2 is 1.73 bits per heavy atom. The van der Waals surface area contributed by atoms with Crippen molar-refractivity contribution in [2.45, 2.75) is 72.3 Å². The quantitative estimate of drug-likeness (QED) is 0.390. The SMILES string of the molecule is CCCCc1ccc(OP(=O)(O[C@H]2C[C@@H](C)CC[C@@H]2C(C)C)c2ccccc2)cc1. The monoisotopic (exact) mass is 428 g/mol. The Kier molecular flexibility index (Phi) is 8.20. The molecule has 0 radical (unpaired) electrons. The van der Waals surface area contributed by atoms with Crippen LogP contribution in [0.5, 0.6) is 5.75 Å². The molecule has 0 heterocycles. The van der Waals surface area contributed by atoms with Gasteiger partial charge >= 0.3 is 7.60 Å². The highest BCUT2D eigenvalue weighted by Gasteiger charge is 2.39. The van der Waals surface area contributed by atoms with Crippen molar-refractivity contribution in [2.75, 3.05) is 0 Å². The summed E-state index contributed by atoms with van der Waals surface area (Å²) >= 11 is 0. The van der Waals surface area contributed by atoms with Crippen LogP contribution in [0.15, 0.2) is 54.6 Å². The zero-order valence-electron chi connectivity index (χ0n) is 18.9. The van der Waals surface area contributed by atoms with Crippen LogP contribution in [-0.2, 0) is 15.5 Å². The van der Waals surface area contributed by atoms with Crippen molar-refractivity contribution < 1.29 is 13.6 Å². The van der Waals surface area contributed by atoms with E-state index in [4.69, 9.17) is 9.05 Å². The van der Waals surface area contributed by atoms with Crippen molar-refractivity contribution >= 4 is 12.9 Å². The van der Waals surface area contributed by atoms with E-state index in [1.54, 1.807) is 0 Å². The molecule has 1 fully saturated rings. The summed E-state index contributed by atoms with van der Waals surface area (Å²) in [7, 11) is -3.50. The topological polar surface area (TPSA) is 35.5 Å². The van der Waals surface area contributed by atoms with Gasteiger partial charge in [0.1, 0.15) is 5.75 Å². The lowest BCUT2D eigenvalue weighted by molar-refractivity contribution is 0.0414. The lowest BCUT2D eigenvalue weighted by Crippen LogP contribution is -2.35. The fourth-order valence-corrected chi connectivity index (χ4v) is 6.20. The van der Waals surface area contributed by atoms with E-state index in [1.165, 1.54) is 24.8 Å². The molecule has 0 saturated heterocycles. The van der Waals surface area contributed by atoms with E-state index in [-0.39, 0.29) is 6.10 Å². The Bertz CT molecular complexity index is 816. The maximum atomic E-state index is 14.1. The highest BCUT2D eigenvalue weighted by Crippen LogP contribution is 2.52. The van der Waals surface area contributed by atoms with Gasteiger partial charge in [0, 0.05) is 0 Å². The molecule has 1 aliphatic rings. The van der Waals surface area contributed by atoms with Gasteiger partial charge in [-0.15, -0.1) is 0 Å². The maximum absolute atomic E-state index is 14.1. The van der Waals surface area contributed by atoms with Gasteiger partial charge < -0.3 is 4.52 Å². The molecule has 0 spiro atoms. The zero-order valence-corrected chi connectivity index (χ0v) is 19.8. The van der Waals surface area contributed by atoms with E-state index >= 15 is 0 Å². The van der Waals surface area contributed by atoms with E-state index in [2.05, 4.69) is 39.8 Å². The van der Waals surface area contributed by atoms with Gasteiger partial charge in [-0.25, -0.2) is 4.57 Å². The second-order valence-corrected chi connectivity index (χ2v) is 11.0. The normalized spacial score (nSPS) is 23.8. The summed E-state index contributed by atoms with van der Waals surface area (Å²) in [6.45, 7) is 8.93. The van der Waals surface area contributed by atoms with Crippen LogP contribution in [-0.4, -0.2) is 6.10 Å². The molecule has 0 amide bonds. The van der Waals surface area contributed by atoms with Crippen molar-refractivity contribution in [2.24, 2.45) is 17.8 Å². The van der Waals surface area contributed by atoms with Gasteiger partial charge in [-0.2, -0.15) is 0 Å². The molecule has 0 N–H and O–H groups in total. The first-order valence-electron chi connectivity index (χ1n) is 11.5. The van der Waals surface area contributed by atoms with Crippen molar-refractivity contribution in [1.29, 1.82) is 0 Å². The predicted octanol–water partition coefficient (Wildman–Crippen LogP) is 7.40. The Balaban J connectivity index is 1.85. The number of aryl methyl sites for hydroxylation is 1. The van der Waals surface area contributed by atoms with Gasteiger partial charge in [0.25, 0.3) is 0 Å². The number of hydrogen-bond donors (Lipinski definition) is 0. The van der Waals surface area contributed by atoms with Crippen LogP contribution in [0, 0.1) is 17.8 Å². The van der Waals surface area contributed by atoms with Crippen molar-refractivity contribution in [1.82, 2.24) is 0 Å². The number of benzene rings is 2. The third kappa shape index (κ3) is 5.99. The summed E-state index contributed by atoms with van der Waals surface area (Å²) in [4.78, 5) is 0. The summed E-state index contributed by atoms with van der Waals surface area (Å²) in [5, 5.41) is 0.626. The molecule has 1 aliphatic carbocycles. The fraction of sp³-hybridized carbons (Fsp3) is 0.538. The summed E-state index contributed by atoms with van der Waals surface area (Å²) < 4.78 is 26.7. The third-order valence-corrected chi connectivity index (χ3v) is 8.21. The molecule has 0 aromatic heterocycles. The standard InChI is InChI=1S/C26H37O3P/c1-5-6-10-22-14-16-23(17-15-22)28-30(27,24-11-8-7-9-12-24)29-26-19-21(4)13-18-25(26)20(2)3/h7-9,11-12,14-17,20-21,25-26H,5-6,10,13,18-19H2,1-4H3/t21-,25+,26-,30?/m0/s1. The van der Waals surface area contributed by atoms with Crippen LogP contribution in [0.2, 0.25) is 0 Å². The molecule has 3 rings (SSSR count). The molecule has 0 aliphatic heterocycles. The van der Waals surface area contributed by atoms with E-state index in [0.29, 0.717) is 28.8 Å². The van der Waals surface area contributed by atoms with Gasteiger partial charge in [-0.3, -0.25) is 4.52 Å². The lowest BCUT2D eigenvalue weighted by atomic mass is 9.75. The van der Waals surface area contributed by atoms with Crippen LogP contribution >= 0.6 is 7.60 Å². The minimum Gasteiger partial charge on any atom is -0.421 e. The predicted molar refractivity (Wildman–Crippen MR) is 126 cm³/mol. The minimum absolute atomic E-state index is 0.0522. The van der Waals surface area contributed by atoms with Gasteiger partial charge in [0.2, 0.25) is 0 Å². The number of unbranched alkanes of at least 4 members (excludes halogenated alkanes) is 1. The largest absolute Gasteiger partial charge is 0.421 e. The maximum Gasteiger partial charge on any atom is 0.411 e. The fourth-order valence-electron chi connectivity index (χ4n) is 4.40. The van der Waals surface area contributed by atoms with Gasteiger partial charge in [-0.05, 0) is 73.3 Å². The molecule has 30 heavy (non-hydrogen) atoms. The molecular weight excluding hydrogens is 391 g/mol. The number of hydrogen-bond acceptors (Lipinski definition) is 3. The number of rotatable bonds is 9. The van der Waals surface area contributed by atoms with Crippen molar-refractivity contribution in [3.63, 3.8) is 0 Å². The van der Waals surface area contributed by atoms with Crippen LogP contribution in [0.25, 0.3) is 0 Å². The van der Waals surface area contributed by atoms with Crippen LogP contribution in [0.1, 0.15) is 65.4 Å². The Labute approximate surface area is 182 Å². The van der Waals surface area contributed by atoms with Crippen molar-refractivity contribution in [3.8, 4) is 5.75 Å². The highest BCUT2D eigenvalue weighted by atomic mass is 31.2. The van der Waals surface area contributed by atoms with Gasteiger partial charge in [0.15, 0.2) is 0 Å². The first kappa shape index (κ1) is 23.1.